The highest BCUT2D eigenvalue weighted by Gasteiger charge is 2.51. The number of hydrogen-bond donors (Lipinski definition) is 3. The van der Waals surface area contributed by atoms with Crippen LogP contribution in [-0.2, 0) is 29.4 Å². The van der Waals surface area contributed by atoms with Crippen LogP contribution in [0.3, 0.4) is 0 Å². The third kappa shape index (κ3) is 6.81. The van der Waals surface area contributed by atoms with Crippen LogP contribution in [0.15, 0.2) is 54.4 Å². The van der Waals surface area contributed by atoms with Crippen molar-refractivity contribution < 1.29 is 33.1 Å². The van der Waals surface area contributed by atoms with Gasteiger partial charge in [-0.25, -0.2) is 10.6 Å². The van der Waals surface area contributed by atoms with E-state index in [2.05, 4.69) is 0 Å². The zero-order chi connectivity index (χ0) is 32.6. The van der Waals surface area contributed by atoms with Crippen LogP contribution >= 0.6 is 11.6 Å². The van der Waals surface area contributed by atoms with E-state index >= 15 is 0 Å². The van der Waals surface area contributed by atoms with Gasteiger partial charge in [0.25, 0.3) is 0 Å². The summed E-state index contributed by atoms with van der Waals surface area (Å²) in [6.07, 6.45) is -2.30. The van der Waals surface area contributed by atoms with Gasteiger partial charge in [-0.2, -0.15) is 13.2 Å². The van der Waals surface area contributed by atoms with E-state index < -0.39 is 35.0 Å². The Hall–Kier alpha value is -3.38. The molecule has 1 aliphatic heterocycles. The first-order valence-electron chi connectivity index (χ1n) is 14.5. The van der Waals surface area contributed by atoms with E-state index in [0.29, 0.717) is 44.7 Å². The maximum atomic E-state index is 13.1. The van der Waals surface area contributed by atoms with Crippen LogP contribution in [0.1, 0.15) is 55.6 Å². The molecule has 1 amide bonds. The smallest absolute Gasteiger partial charge is 0.416 e. The van der Waals surface area contributed by atoms with Crippen molar-refractivity contribution >= 4 is 28.6 Å². The largest absolute Gasteiger partial charge is 0.444 e. The number of rotatable bonds is 8. The zero-order valence-electron chi connectivity index (χ0n) is 25.8. The number of quaternary nitrogens is 1. The first-order chi connectivity index (χ1) is 20.5. The Kier molecular flexibility index (Phi) is 9.56. The minimum absolute atomic E-state index is 0.234. The van der Waals surface area contributed by atoms with Gasteiger partial charge >= 0.3 is 12.3 Å². The Balaban J connectivity index is 1.77. The number of fused-ring (bicyclic) bond motifs is 1. The molecule has 8 nitrogen and oxygen atoms in total. The molecule has 1 aliphatic rings. The molecule has 0 aliphatic carbocycles. The van der Waals surface area contributed by atoms with Crippen LogP contribution in [0, 0.1) is 5.92 Å². The first kappa shape index (κ1) is 33.5. The summed E-state index contributed by atoms with van der Waals surface area (Å²) < 4.78 is 44.8. The molecule has 44 heavy (non-hydrogen) atoms. The van der Waals surface area contributed by atoms with Crippen molar-refractivity contribution in [2.45, 2.75) is 57.9 Å². The van der Waals surface area contributed by atoms with E-state index in [4.69, 9.17) is 27.2 Å². The van der Waals surface area contributed by atoms with Gasteiger partial charge in [0.1, 0.15) is 23.1 Å². The molecule has 1 fully saturated rings. The highest BCUT2D eigenvalue weighted by Crippen LogP contribution is 2.44. The van der Waals surface area contributed by atoms with Crippen LogP contribution in [-0.4, -0.2) is 58.9 Å². The summed E-state index contributed by atoms with van der Waals surface area (Å²) in [5.41, 5.74) is 0.669. The van der Waals surface area contributed by atoms with Crippen molar-refractivity contribution in [2.24, 2.45) is 11.8 Å². The summed E-state index contributed by atoms with van der Waals surface area (Å²) in [6, 6.07) is 10.4. The molecule has 1 atom stereocenters. The highest BCUT2D eigenvalue weighted by molar-refractivity contribution is 6.36. The lowest BCUT2D eigenvalue weighted by atomic mass is 9.74. The number of aryl methyl sites for hydroxylation is 1. The van der Waals surface area contributed by atoms with E-state index in [0.717, 1.165) is 17.8 Å². The molecule has 3 aromatic rings. The highest BCUT2D eigenvalue weighted by atomic mass is 35.5. The molecule has 1 aromatic heterocycles. The predicted octanol–water partition coefficient (Wildman–Crippen LogP) is 4.95. The van der Waals surface area contributed by atoms with Crippen LogP contribution in [0.25, 0.3) is 10.9 Å². The number of nitrogens with zero attached hydrogens (tertiary/aromatic N) is 3. The predicted molar refractivity (Wildman–Crippen MR) is 163 cm³/mol. The Labute approximate surface area is 260 Å². The number of hydrogen-bond acceptors (Lipinski definition) is 6. The van der Waals surface area contributed by atoms with Crippen molar-refractivity contribution in [1.29, 1.82) is 0 Å². The fraction of sp³-hybridized carbons (Fsp3) is 0.438. The van der Waals surface area contributed by atoms with Gasteiger partial charge in [0, 0.05) is 43.6 Å². The number of benzene rings is 2. The standard InChI is InChI=1S/C32H39ClF3N5O3/c1-7-25-23(14-19-8-10-20(11-9-19)32(34,35)36)28(33)24-15-21(12-13-26(24)39-25)31(43,27(16-38-5)40(6)37)22-17-41(18-22)29(42)44-30(2,3)4/h8-13,15-16,22,38,43H,7,14,17-18,37H2,1-6H3/p+1. The van der Waals surface area contributed by atoms with Crippen molar-refractivity contribution in [3.05, 3.63) is 87.3 Å². The number of carbonyl (C=O) groups excluding carboxylic acids is 1. The van der Waals surface area contributed by atoms with Gasteiger partial charge in [-0.15, -0.1) is 0 Å². The van der Waals surface area contributed by atoms with Crippen molar-refractivity contribution in [3.63, 3.8) is 0 Å². The van der Waals surface area contributed by atoms with Crippen LogP contribution in [0.5, 0.6) is 0 Å². The van der Waals surface area contributed by atoms with Crippen molar-refractivity contribution in [2.75, 3.05) is 27.2 Å². The topological polar surface area (TPSA) is 109 Å². The number of amides is 1. The number of pyridine rings is 1. The number of carbonyl (C=O) groups is 1. The van der Waals surface area contributed by atoms with E-state index in [1.54, 1.807) is 57.5 Å². The summed E-state index contributed by atoms with van der Waals surface area (Å²) >= 11 is 7.03. The maximum absolute atomic E-state index is 13.1. The minimum Gasteiger partial charge on any atom is -0.444 e. The number of aliphatic hydroxyl groups is 1. The molecule has 2 heterocycles. The SMILES string of the molecule is CCc1nc2ccc(C(O)(C(=C[NH2+]C)N(C)N)C3CN(C(=O)OC(C)(C)C)C3)cc2c(Cl)c1Cc1ccc(C(F)(F)F)cc1. The third-order valence-corrected chi connectivity index (χ3v) is 8.19. The number of alkyl halides is 3. The summed E-state index contributed by atoms with van der Waals surface area (Å²) in [6.45, 7) is 7.79. The molecule has 12 heteroatoms. The molecule has 0 saturated carbocycles. The third-order valence-electron chi connectivity index (χ3n) is 7.76. The number of nitrogens with two attached hydrogens (primary N) is 2. The number of likely N-dealkylation sites (N-methyl/N-ethyl adjacent to an activating group) is 1. The average molecular weight is 635 g/mol. The second-order valence-corrected chi connectivity index (χ2v) is 12.5. The van der Waals surface area contributed by atoms with Crippen molar-refractivity contribution in [1.82, 2.24) is 14.9 Å². The van der Waals surface area contributed by atoms with E-state index in [9.17, 15) is 23.1 Å². The Morgan fingerprint density at radius 1 is 1.18 bits per heavy atom. The Bertz CT molecular complexity index is 1550. The lowest BCUT2D eigenvalue weighted by molar-refractivity contribution is -0.558. The maximum Gasteiger partial charge on any atom is 0.416 e. The second-order valence-electron chi connectivity index (χ2n) is 12.2. The molecular formula is C32H40ClF3N5O3+. The van der Waals surface area contributed by atoms with Gasteiger partial charge in [0.15, 0.2) is 0 Å². The molecule has 238 valence electrons. The molecule has 1 unspecified atom stereocenters. The summed E-state index contributed by atoms with van der Waals surface area (Å²) in [7, 11) is 3.45. The van der Waals surface area contributed by atoms with Gasteiger partial charge < -0.3 is 25.1 Å². The van der Waals surface area contributed by atoms with Gasteiger partial charge in [-0.05, 0) is 68.1 Å². The number of likely N-dealkylation sites (tertiary alicyclic amines) is 1. The van der Waals surface area contributed by atoms with Gasteiger partial charge in [-0.3, -0.25) is 4.98 Å². The second kappa shape index (κ2) is 12.5. The summed E-state index contributed by atoms with van der Waals surface area (Å²) in [5, 5.41) is 16.6. The minimum atomic E-state index is -4.42. The quantitative estimate of drug-likeness (QED) is 0.239. The lowest BCUT2D eigenvalue weighted by Crippen LogP contribution is -2.74. The molecule has 5 N–H and O–H groups in total. The molecule has 2 aromatic carbocycles. The number of halogens is 4. The number of ether oxygens (including phenoxy) is 1. The molecule has 0 spiro atoms. The Morgan fingerprint density at radius 2 is 1.80 bits per heavy atom. The van der Waals surface area contributed by atoms with Crippen molar-refractivity contribution in [3.8, 4) is 0 Å². The molecule has 0 radical (unpaired) electrons. The fourth-order valence-corrected chi connectivity index (χ4v) is 5.85. The number of hydrazine groups is 1. The zero-order valence-corrected chi connectivity index (χ0v) is 26.6. The van der Waals surface area contributed by atoms with Gasteiger partial charge in [-0.1, -0.05) is 36.7 Å². The fourth-order valence-electron chi connectivity index (χ4n) is 5.52. The average Bonchev–Trinajstić information content (AvgIpc) is 2.90. The lowest BCUT2D eigenvalue weighted by Gasteiger charge is -2.49. The summed E-state index contributed by atoms with van der Waals surface area (Å²) in [4.78, 5) is 19.1. The Morgan fingerprint density at radius 3 is 2.32 bits per heavy atom. The summed E-state index contributed by atoms with van der Waals surface area (Å²) in [5.74, 6) is 5.82. The van der Waals surface area contributed by atoms with E-state index in [1.165, 1.54) is 22.0 Å². The van der Waals surface area contributed by atoms with Gasteiger partial charge in [0.2, 0.25) is 0 Å². The number of aromatic nitrogens is 1. The van der Waals surface area contributed by atoms with Gasteiger partial charge in [0.05, 0.1) is 23.2 Å². The monoisotopic (exact) mass is 634 g/mol. The molecule has 1 saturated heterocycles. The normalized spacial score (nSPS) is 16.1. The molecule has 0 bridgehead atoms. The molecular weight excluding hydrogens is 595 g/mol. The molecule has 4 rings (SSSR count). The van der Waals surface area contributed by atoms with Crippen LogP contribution in [0.4, 0.5) is 18.0 Å². The van der Waals surface area contributed by atoms with Crippen LogP contribution in [0.2, 0.25) is 5.02 Å². The van der Waals surface area contributed by atoms with Crippen LogP contribution < -0.4 is 11.2 Å². The first-order valence-corrected chi connectivity index (χ1v) is 14.8. The van der Waals surface area contributed by atoms with E-state index in [-0.39, 0.29) is 19.5 Å². The van der Waals surface area contributed by atoms with E-state index in [1.807, 2.05) is 14.0 Å².